The zero-order chi connectivity index (χ0) is 11.7. The van der Waals surface area contributed by atoms with Gasteiger partial charge in [0.1, 0.15) is 11.5 Å². The molecule has 1 aromatic carbocycles. The summed E-state index contributed by atoms with van der Waals surface area (Å²) in [5.41, 5.74) is 3.26. The van der Waals surface area contributed by atoms with Crippen LogP contribution in [0.1, 0.15) is 24.1 Å². The molecule has 0 N–H and O–H groups in total. The SMILES string of the molecule is CCc1nc(-c2ccc(C)c(Br)c2)c(C)o1. The molecule has 0 radical (unpaired) electrons. The Labute approximate surface area is 104 Å². The van der Waals surface area contributed by atoms with E-state index in [-0.39, 0.29) is 0 Å². The van der Waals surface area contributed by atoms with Crippen molar-refractivity contribution < 1.29 is 4.42 Å². The Bertz CT molecular complexity index is 517. The first-order chi connectivity index (χ1) is 7.61. The van der Waals surface area contributed by atoms with Gasteiger partial charge in [0, 0.05) is 16.5 Å². The van der Waals surface area contributed by atoms with Crippen molar-refractivity contribution in [2.75, 3.05) is 0 Å². The first-order valence-corrected chi connectivity index (χ1v) is 6.14. The molecule has 1 aromatic heterocycles. The summed E-state index contributed by atoms with van der Waals surface area (Å²) in [6, 6.07) is 6.24. The number of aromatic nitrogens is 1. The van der Waals surface area contributed by atoms with Crippen molar-refractivity contribution >= 4 is 15.9 Å². The zero-order valence-corrected chi connectivity index (χ0v) is 11.3. The van der Waals surface area contributed by atoms with Crippen LogP contribution in [0.3, 0.4) is 0 Å². The van der Waals surface area contributed by atoms with E-state index in [1.165, 1.54) is 5.56 Å². The maximum absolute atomic E-state index is 5.56. The zero-order valence-electron chi connectivity index (χ0n) is 9.67. The Hall–Kier alpha value is -1.09. The molecular formula is C13H14BrNO. The van der Waals surface area contributed by atoms with E-state index in [0.717, 1.165) is 33.8 Å². The topological polar surface area (TPSA) is 26.0 Å². The number of rotatable bonds is 2. The monoisotopic (exact) mass is 279 g/mol. The molecule has 2 nitrogen and oxygen atoms in total. The molecule has 3 heteroatoms. The minimum atomic E-state index is 0.796. The quantitative estimate of drug-likeness (QED) is 0.820. The van der Waals surface area contributed by atoms with Crippen molar-refractivity contribution in [3.05, 3.63) is 39.9 Å². The van der Waals surface area contributed by atoms with Crippen molar-refractivity contribution in [2.24, 2.45) is 0 Å². The average Bonchev–Trinajstić information content (AvgIpc) is 2.64. The number of oxazole rings is 1. The third-order valence-electron chi connectivity index (χ3n) is 2.59. The van der Waals surface area contributed by atoms with Crippen LogP contribution < -0.4 is 0 Å². The van der Waals surface area contributed by atoms with E-state index in [1.807, 2.05) is 13.8 Å². The molecule has 0 bridgehead atoms. The first kappa shape index (κ1) is 11.4. The molecule has 2 aromatic rings. The number of benzene rings is 1. The van der Waals surface area contributed by atoms with Crippen LogP contribution in [0.15, 0.2) is 27.1 Å². The molecule has 0 amide bonds. The second kappa shape index (κ2) is 4.42. The number of hydrogen-bond donors (Lipinski definition) is 0. The van der Waals surface area contributed by atoms with Crippen molar-refractivity contribution in [1.82, 2.24) is 4.98 Å². The summed E-state index contributed by atoms with van der Waals surface area (Å²) in [6.45, 7) is 6.07. The van der Waals surface area contributed by atoms with E-state index in [9.17, 15) is 0 Å². The maximum Gasteiger partial charge on any atom is 0.194 e. The molecule has 0 saturated heterocycles. The largest absolute Gasteiger partial charge is 0.445 e. The van der Waals surface area contributed by atoms with E-state index in [1.54, 1.807) is 0 Å². The summed E-state index contributed by atoms with van der Waals surface area (Å²) in [4.78, 5) is 4.48. The molecule has 0 unspecified atom stereocenters. The molecule has 1 heterocycles. The van der Waals surface area contributed by atoms with Gasteiger partial charge < -0.3 is 4.42 Å². The van der Waals surface area contributed by atoms with Crippen LogP contribution in [-0.2, 0) is 6.42 Å². The Morgan fingerprint density at radius 1 is 1.31 bits per heavy atom. The third kappa shape index (κ3) is 2.05. The molecule has 0 aliphatic heterocycles. The van der Waals surface area contributed by atoms with Crippen LogP contribution in [0.25, 0.3) is 11.3 Å². The lowest BCUT2D eigenvalue weighted by atomic mass is 10.1. The predicted octanol–water partition coefficient (Wildman–Crippen LogP) is 4.28. The second-order valence-corrected chi connectivity index (χ2v) is 4.68. The lowest BCUT2D eigenvalue weighted by Gasteiger charge is -2.01. The van der Waals surface area contributed by atoms with Crippen LogP contribution in [0.5, 0.6) is 0 Å². The van der Waals surface area contributed by atoms with Crippen LogP contribution >= 0.6 is 15.9 Å². The van der Waals surface area contributed by atoms with Gasteiger partial charge in [0.15, 0.2) is 5.89 Å². The fraction of sp³-hybridized carbons (Fsp3) is 0.308. The highest BCUT2D eigenvalue weighted by Crippen LogP contribution is 2.27. The van der Waals surface area contributed by atoms with Crippen molar-refractivity contribution in [1.29, 1.82) is 0 Å². The predicted molar refractivity (Wildman–Crippen MR) is 68.5 cm³/mol. The van der Waals surface area contributed by atoms with Gasteiger partial charge in [0.25, 0.3) is 0 Å². The third-order valence-corrected chi connectivity index (χ3v) is 3.44. The molecule has 0 atom stereocenters. The molecule has 0 aliphatic rings. The summed E-state index contributed by atoms with van der Waals surface area (Å²) in [5, 5.41) is 0. The van der Waals surface area contributed by atoms with Crippen LogP contribution in [0.4, 0.5) is 0 Å². The number of aryl methyl sites for hydroxylation is 3. The van der Waals surface area contributed by atoms with Gasteiger partial charge in [0.2, 0.25) is 0 Å². The minimum Gasteiger partial charge on any atom is -0.445 e. The first-order valence-electron chi connectivity index (χ1n) is 5.34. The smallest absolute Gasteiger partial charge is 0.194 e. The molecule has 0 fully saturated rings. The van der Waals surface area contributed by atoms with Gasteiger partial charge in [-0.2, -0.15) is 0 Å². The van der Waals surface area contributed by atoms with Crippen LogP contribution in [0.2, 0.25) is 0 Å². The van der Waals surface area contributed by atoms with Crippen molar-refractivity contribution in [3.63, 3.8) is 0 Å². The number of hydrogen-bond acceptors (Lipinski definition) is 2. The Morgan fingerprint density at radius 3 is 2.62 bits per heavy atom. The molecule has 0 saturated carbocycles. The summed E-state index contributed by atoms with van der Waals surface area (Å²) in [7, 11) is 0. The maximum atomic E-state index is 5.56. The summed E-state index contributed by atoms with van der Waals surface area (Å²) in [6.07, 6.45) is 0.827. The minimum absolute atomic E-state index is 0.796. The summed E-state index contributed by atoms with van der Waals surface area (Å²) >= 11 is 3.53. The van der Waals surface area contributed by atoms with Crippen molar-refractivity contribution in [3.8, 4) is 11.3 Å². The molecule has 0 spiro atoms. The molecule has 2 rings (SSSR count). The van der Waals surface area contributed by atoms with Gasteiger partial charge >= 0.3 is 0 Å². The van der Waals surface area contributed by atoms with Gasteiger partial charge in [-0.15, -0.1) is 0 Å². The van der Waals surface area contributed by atoms with Gasteiger partial charge in [-0.1, -0.05) is 35.0 Å². The van der Waals surface area contributed by atoms with E-state index in [0.29, 0.717) is 0 Å². The second-order valence-electron chi connectivity index (χ2n) is 3.83. The Kier molecular flexibility index (Phi) is 3.15. The standard InChI is InChI=1S/C13H14BrNO/c1-4-12-15-13(9(3)16-12)10-6-5-8(2)11(14)7-10/h5-7H,4H2,1-3H3. The number of nitrogens with zero attached hydrogens (tertiary/aromatic N) is 1. The summed E-state index contributed by atoms with van der Waals surface area (Å²) < 4.78 is 6.66. The number of halogens is 1. The summed E-state index contributed by atoms with van der Waals surface area (Å²) in [5.74, 6) is 1.68. The average molecular weight is 280 g/mol. The Balaban J connectivity index is 2.49. The molecular weight excluding hydrogens is 266 g/mol. The Morgan fingerprint density at radius 2 is 2.06 bits per heavy atom. The molecule has 0 aliphatic carbocycles. The fourth-order valence-corrected chi connectivity index (χ4v) is 1.99. The van der Waals surface area contributed by atoms with Crippen LogP contribution in [0, 0.1) is 13.8 Å². The van der Waals surface area contributed by atoms with Gasteiger partial charge in [0.05, 0.1) is 0 Å². The fourth-order valence-electron chi connectivity index (χ4n) is 1.61. The van der Waals surface area contributed by atoms with E-state index in [2.05, 4.69) is 46.0 Å². The van der Waals surface area contributed by atoms with Crippen LogP contribution in [-0.4, -0.2) is 4.98 Å². The lowest BCUT2D eigenvalue weighted by molar-refractivity contribution is 0.477. The normalized spacial score (nSPS) is 10.8. The van der Waals surface area contributed by atoms with E-state index >= 15 is 0 Å². The highest BCUT2D eigenvalue weighted by atomic mass is 79.9. The lowest BCUT2D eigenvalue weighted by Crippen LogP contribution is -1.84. The van der Waals surface area contributed by atoms with Gasteiger partial charge in [-0.05, 0) is 25.5 Å². The van der Waals surface area contributed by atoms with Crippen molar-refractivity contribution in [2.45, 2.75) is 27.2 Å². The van der Waals surface area contributed by atoms with Gasteiger partial charge in [-0.25, -0.2) is 4.98 Å². The van der Waals surface area contributed by atoms with E-state index in [4.69, 9.17) is 4.42 Å². The molecule has 84 valence electrons. The van der Waals surface area contributed by atoms with E-state index < -0.39 is 0 Å². The highest BCUT2D eigenvalue weighted by Gasteiger charge is 2.11. The van der Waals surface area contributed by atoms with Gasteiger partial charge in [-0.3, -0.25) is 0 Å². The highest BCUT2D eigenvalue weighted by molar-refractivity contribution is 9.10. The molecule has 16 heavy (non-hydrogen) atoms.